The Morgan fingerprint density at radius 2 is 1.57 bits per heavy atom. The molecule has 14 heavy (non-hydrogen) atoms. The largest absolute Gasteiger partial charge is 0.490 e. The first kappa shape index (κ1) is 9.44. The van der Waals surface area contributed by atoms with Crippen LogP contribution in [0.25, 0.3) is 0 Å². The molecule has 0 aromatic heterocycles. The van der Waals surface area contributed by atoms with Gasteiger partial charge in [0.2, 0.25) is 0 Å². The van der Waals surface area contributed by atoms with Crippen LogP contribution >= 0.6 is 0 Å². The number of halogens is 2. The molecule has 0 saturated heterocycles. The number of hydrogen-bond acceptors (Lipinski definition) is 1. The molecule has 76 valence electrons. The maximum Gasteiger partial charge on any atom is 0.129 e. The topological polar surface area (TPSA) is 9.23 Å². The number of rotatable bonds is 2. The molecule has 0 heterocycles. The molecule has 1 aromatic rings. The van der Waals surface area contributed by atoms with Crippen molar-refractivity contribution in [1.29, 1.82) is 0 Å². The van der Waals surface area contributed by atoms with Crippen molar-refractivity contribution in [3.05, 3.63) is 29.8 Å². The minimum atomic E-state index is -0.585. The van der Waals surface area contributed by atoms with E-state index in [1.54, 1.807) is 0 Å². The Kier molecular flexibility index (Phi) is 2.66. The molecule has 0 atom stereocenters. The van der Waals surface area contributed by atoms with E-state index >= 15 is 0 Å². The van der Waals surface area contributed by atoms with Gasteiger partial charge in [0, 0.05) is 18.2 Å². The van der Waals surface area contributed by atoms with E-state index in [2.05, 4.69) is 0 Å². The summed E-state index contributed by atoms with van der Waals surface area (Å²) in [5.41, 5.74) is 0. The summed E-state index contributed by atoms with van der Waals surface area (Å²) < 4.78 is 31.0. The number of benzene rings is 1. The Hall–Kier alpha value is -1.12. The van der Waals surface area contributed by atoms with Gasteiger partial charge >= 0.3 is 0 Å². The van der Waals surface area contributed by atoms with E-state index < -0.39 is 11.6 Å². The Bertz CT molecular complexity index is 299. The fraction of sp³-hybridized carbons (Fsp3) is 0.455. The molecule has 1 aromatic carbocycles. The number of hydrogen-bond donors (Lipinski definition) is 0. The summed E-state index contributed by atoms with van der Waals surface area (Å²) >= 11 is 0. The van der Waals surface area contributed by atoms with Gasteiger partial charge in [-0.1, -0.05) is 0 Å². The van der Waals surface area contributed by atoms with Crippen molar-refractivity contribution >= 4 is 0 Å². The highest BCUT2D eigenvalue weighted by molar-refractivity contribution is 5.24. The molecule has 1 aliphatic carbocycles. The Labute approximate surface area is 81.7 Å². The predicted octanol–water partition coefficient (Wildman–Crippen LogP) is 3.29. The quantitative estimate of drug-likeness (QED) is 0.708. The fourth-order valence-electron chi connectivity index (χ4n) is 1.80. The molecule has 0 aliphatic heterocycles. The van der Waals surface area contributed by atoms with Crippen LogP contribution < -0.4 is 4.74 Å². The zero-order valence-electron chi connectivity index (χ0n) is 7.80. The van der Waals surface area contributed by atoms with Gasteiger partial charge in [-0.3, -0.25) is 0 Å². The highest BCUT2D eigenvalue weighted by Gasteiger charge is 2.16. The first-order chi connectivity index (χ1) is 6.74. The van der Waals surface area contributed by atoms with Gasteiger partial charge in [0.05, 0.1) is 6.10 Å². The van der Waals surface area contributed by atoms with E-state index in [0.717, 1.165) is 31.7 Å². The normalized spacial score (nSPS) is 17.3. The van der Waals surface area contributed by atoms with Crippen LogP contribution in [0.2, 0.25) is 0 Å². The average Bonchev–Trinajstić information content (AvgIpc) is 2.54. The summed E-state index contributed by atoms with van der Waals surface area (Å²) in [6.45, 7) is 0. The minimum Gasteiger partial charge on any atom is -0.490 e. The summed E-state index contributed by atoms with van der Waals surface area (Å²) in [6.07, 6.45) is 4.39. The van der Waals surface area contributed by atoms with Crippen LogP contribution in [-0.2, 0) is 0 Å². The van der Waals surface area contributed by atoms with Gasteiger partial charge < -0.3 is 4.74 Å². The van der Waals surface area contributed by atoms with Crippen molar-refractivity contribution in [2.75, 3.05) is 0 Å². The molecule has 2 rings (SSSR count). The lowest BCUT2D eigenvalue weighted by Gasteiger charge is -2.12. The second kappa shape index (κ2) is 3.95. The summed E-state index contributed by atoms with van der Waals surface area (Å²) in [4.78, 5) is 0. The van der Waals surface area contributed by atoms with Gasteiger partial charge in [-0.05, 0) is 25.7 Å². The van der Waals surface area contributed by atoms with Gasteiger partial charge in [-0.15, -0.1) is 0 Å². The summed E-state index contributed by atoms with van der Waals surface area (Å²) in [6, 6.07) is 3.30. The van der Waals surface area contributed by atoms with E-state index in [4.69, 9.17) is 4.74 Å². The van der Waals surface area contributed by atoms with Crippen LogP contribution in [0.1, 0.15) is 25.7 Å². The molecule has 1 saturated carbocycles. The van der Waals surface area contributed by atoms with Crippen molar-refractivity contribution in [2.24, 2.45) is 0 Å². The Balaban J connectivity index is 2.07. The second-order valence-corrected chi connectivity index (χ2v) is 3.63. The third-order valence-electron chi connectivity index (χ3n) is 2.44. The minimum absolute atomic E-state index is 0.135. The SMILES string of the molecule is Fc1cc(F)cc(OC2CCCC2)c1. The van der Waals surface area contributed by atoms with Gasteiger partial charge in [0.1, 0.15) is 17.4 Å². The van der Waals surface area contributed by atoms with Crippen LogP contribution in [0, 0.1) is 11.6 Å². The van der Waals surface area contributed by atoms with Crippen molar-refractivity contribution < 1.29 is 13.5 Å². The van der Waals surface area contributed by atoms with Crippen molar-refractivity contribution in [3.63, 3.8) is 0 Å². The molecule has 0 N–H and O–H groups in total. The molecular weight excluding hydrogens is 186 g/mol. The molecule has 3 heteroatoms. The summed E-state index contributed by atoms with van der Waals surface area (Å²) in [5.74, 6) is -0.870. The third kappa shape index (κ3) is 2.22. The first-order valence-corrected chi connectivity index (χ1v) is 4.87. The lowest BCUT2D eigenvalue weighted by Crippen LogP contribution is -2.11. The maximum absolute atomic E-state index is 12.8. The Morgan fingerprint density at radius 1 is 1.00 bits per heavy atom. The molecule has 0 bridgehead atoms. The molecule has 1 aliphatic rings. The van der Waals surface area contributed by atoms with Crippen molar-refractivity contribution in [2.45, 2.75) is 31.8 Å². The molecule has 1 nitrogen and oxygen atoms in total. The highest BCUT2D eigenvalue weighted by atomic mass is 19.1. The fourth-order valence-corrected chi connectivity index (χ4v) is 1.80. The molecule has 0 radical (unpaired) electrons. The van der Waals surface area contributed by atoms with Gasteiger partial charge in [0.15, 0.2) is 0 Å². The monoisotopic (exact) mass is 198 g/mol. The van der Waals surface area contributed by atoms with E-state index in [1.807, 2.05) is 0 Å². The molecule has 1 fully saturated rings. The third-order valence-corrected chi connectivity index (χ3v) is 2.44. The van der Waals surface area contributed by atoms with Crippen molar-refractivity contribution in [3.8, 4) is 5.75 Å². The van der Waals surface area contributed by atoms with Crippen LogP contribution in [0.15, 0.2) is 18.2 Å². The van der Waals surface area contributed by atoms with Crippen LogP contribution in [0.4, 0.5) is 8.78 Å². The smallest absolute Gasteiger partial charge is 0.129 e. The molecular formula is C11H12F2O. The zero-order chi connectivity index (χ0) is 9.97. The van der Waals surface area contributed by atoms with Crippen molar-refractivity contribution in [1.82, 2.24) is 0 Å². The predicted molar refractivity (Wildman–Crippen MR) is 49.2 cm³/mol. The maximum atomic E-state index is 12.8. The van der Waals surface area contributed by atoms with Crippen LogP contribution in [0.5, 0.6) is 5.75 Å². The van der Waals surface area contributed by atoms with E-state index in [0.29, 0.717) is 5.75 Å². The van der Waals surface area contributed by atoms with Gasteiger partial charge in [0.25, 0.3) is 0 Å². The summed E-state index contributed by atoms with van der Waals surface area (Å²) in [7, 11) is 0. The first-order valence-electron chi connectivity index (χ1n) is 4.87. The second-order valence-electron chi connectivity index (χ2n) is 3.63. The number of ether oxygens (including phenoxy) is 1. The van der Waals surface area contributed by atoms with Gasteiger partial charge in [-0.2, -0.15) is 0 Å². The molecule has 0 spiro atoms. The zero-order valence-corrected chi connectivity index (χ0v) is 7.80. The average molecular weight is 198 g/mol. The lowest BCUT2D eigenvalue weighted by molar-refractivity contribution is 0.208. The summed E-state index contributed by atoms with van der Waals surface area (Å²) in [5, 5.41) is 0. The standard InChI is InChI=1S/C11H12F2O/c12-8-5-9(13)7-11(6-8)14-10-3-1-2-4-10/h5-7,10H,1-4H2. The van der Waals surface area contributed by atoms with Crippen LogP contribution in [-0.4, -0.2) is 6.10 Å². The van der Waals surface area contributed by atoms with E-state index in [1.165, 1.54) is 12.1 Å². The molecule has 0 amide bonds. The van der Waals surface area contributed by atoms with Crippen LogP contribution in [0.3, 0.4) is 0 Å². The van der Waals surface area contributed by atoms with Gasteiger partial charge in [-0.25, -0.2) is 8.78 Å². The molecule has 0 unspecified atom stereocenters. The highest BCUT2D eigenvalue weighted by Crippen LogP contribution is 2.24. The van der Waals surface area contributed by atoms with E-state index in [-0.39, 0.29) is 6.10 Å². The Morgan fingerprint density at radius 3 is 2.14 bits per heavy atom. The lowest BCUT2D eigenvalue weighted by atomic mass is 10.3. The van der Waals surface area contributed by atoms with E-state index in [9.17, 15) is 8.78 Å².